The number of rotatable bonds is 5. The zero-order chi connectivity index (χ0) is 13.2. The summed E-state index contributed by atoms with van der Waals surface area (Å²) in [6.07, 6.45) is 9.23. The second kappa shape index (κ2) is 5.70. The van der Waals surface area contributed by atoms with Crippen LogP contribution < -0.4 is 5.32 Å². The van der Waals surface area contributed by atoms with E-state index in [2.05, 4.69) is 5.32 Å². The van der Waals surface area contributed by atoms with Crippen molar-refractivity contribution in [3.63, 3.8) is 0 Å². The number of aliphatic hydroxyl groups is 1. The van der Waals surface area contributed by atoms with Crippen LogP contribution in [0.3, 0.4) is 0 Å². The van der Waals surface area contributed by atoms with Gasteiger partial charge in [0.25, 0.3) is 0 Å². The maximum absolute atomic E-state index is 12.5. The molecule has 1 heterocycles. The van der Waals surface area contributed by atoms with E-state index in [9.17, 15) is 4.79 Å². The molecule has 0 aromatic carbocycles. The summed E-state index contributed by atoms with van der Waals surface area (Å²) in [6.45, 7) is 1.04. The summed E-state index contributed by atoms with van der Waals surface area (Å²) < 4.78 is 0. The fourth-order valence-electron chi connectivity index (χ4n) is 3.47. The molecule has 0 aromatic heterocycles. The molecule has 0 aromatic rings. The number of urea groups is 1. The molecule has 1 atom stereocenters. The van der Waals surface area contributed by atoms with E-state index in [1.54, 1.807) is 0 Å². The van der Waals surface area contributed by atoms with Gasteiger partial charge < -0.3 is 15.3 Å². The summed E-state index contributed by atoms with van der Waals surface area (Å²) in [6, 6.07) is 0.809. The molecule has 0 bridgehead atoms. The third kappa shape index (κ3) is 3.22. The molecule has 1 aliphatic heterocycles. The highest BCUT2D eigenvalue weighted by Gasteiger charge is 2.43. The number of piperidine rings is 1. The van der Waals surface area contributed by atoms with Gasteiger partial charge in [-0.1, -0.05) is 0 Å². The summed E-state index contributed by atoms with van der Waals surface area (Å²) in [5.74, 6) is 1.50. The van der Waals surface area contributed by atoms with Crippen LogP contribution in [0, 0.1) is 11.8 Å². The Balaban J connectivity index is 1.57. The van der Waals surface area contributed by atoms with Gasteiger partial charge in [-0.15, -0.1) is 0 Å². The highest BCUT2D eigenvalue weighted by molar-refractivity contribution is 5.75. The fraction of sp³-hybridized carbons (Fsp3) is 0.933. The Bertz CT molecular complexity index is 312. The molecule has 2 aliphatic carbocycles. The van der Waals surface area contributed by atoms with Crippen molar-refractivity contribution in [2.75, 3.05) is 13.2 Å². The van der Waals surface area contributed by atoms with Crippen molar-refractivity contribution >= 4 is 6.03 Å². The second-order valence-electron chi connectivity index (χ2n) is 6.51. The largest absolute Gasteiger partial charge is 0.396 e. The average molecular weight is 266 g/mol. The molecule has 0 spiro atoms. The van der Waals surface area contributed by atoms with Crippen LogP contribution in [0.15, 0.2) is 0 Å². The fourth-order valence-corrected chi connectivity index (χ4v) is 3.47. The lowest BCUT2D eigenvalue weighted by molar-refractivity contribution is 0.128. The predicted molar refractivity (Wildman–Crippen MR) is 73.8 cm³/mol. The number of hydrogen-bond donors (Lipinski definition) is 2. The number of carbonyl (C=O) groups is 1. The van der Waals surface area contributed by atoms with E-state index in [0.29, 0.717) is 6.04 Å². The van der Waals surface area contributed by atoms with Gasteiger partial charge in [0.2, 0.25) is 0 Å². The molecule has 4 heteroatoms. The van der Waals surface area contributed by atoms with Crippen molar-refractivity contribution in [3.05, 3.63) is 0 Å². The van der Waals surface area contributed by atoms with Gasteiger partial charge in [0.05, 0.1) is 0 Å². The number of likely N-dealkylation sites (tertiary alicyclic amines) is 1. The molecule has 1 unspecified atom stereocenters. The van der Waals surface area contributed by atoms with Crippen molar-refractivity contribution in [2.45, 2.75) is 63.5 Å². The molecule has 4 nitrogen and oxygen atoms in total. The Morgan fingerprint density at radius 3 is 2.42 bits per heavy atom. The minimum absolute atomic E-state index is 0.127. The highest BCUT2D eigenvalue weighted by Crippen LogP contribution is 2.44. The summed E-state index contributed by atoms with van der Waals surface area (Å²) in [7, 11) is 0. The minimum atomic E-state index is 0.127. The molecule has 2 saturated carbocycles. The first-order valence-corrected chi connectivity index (χ1v) is 7.97. The van der Waals surface area contributed by atoms with Crippen molar-refractivity contribution < 1.29 is 9.90 Å². The molecule has 1 saturated heterocycles. The minimum Gasteiger partial charge on any atom is -0.396 e. The van der Waals surface area contributed by atoms with Gasteiger partial charge in [-0.25, -0.2) is 4.79 Å². The van der Waals surface area contributed by atoms with E-state index in [0.717, 1.165) is 37.6 Å². The SMILES string of the molecule is O=C(NC(C1CC1)C1CC1)N1CCCCC1CCO. The molecule has 2 N–H and O–H groups in total. The first kappa shape index (κ1) is 13.2. The lowest BCUT2D eigenvalue weighted by atomic mass is 10.00. The van der Waals surface area contributed by atoms with E-state index in [1.807, 2.05) is 4.90 Å². The Hall–Kier alpha value is -0.770. The number of aliphatic hydroxyl groups excluding tert-OH is 1. The van der Waals surface area contributed by atoms with E-state index < -0.39 is 0 Å². The smallest absolute Gasteiger partial charge is 0.317 e. The molecule has 108 valence electrons. The molecule has 3 aliphatic rings. The van der Waals surface area contributed by atoms with Gasteiger partial charge in [0.15, 0.2) is 0 Å². The van der Waals surface area contributed by atoms with Crippen LogP contribution in [0.1, 0.15) is 51.4 Å². The highest BCUT2D eigenvalue weighted by atomic mass is 16.3. The molecule has 2 amide bonds. The van der Waals surface area contributed by atoms with Gasteiger partial charge in [-0.2, -0.15) is 0 Å². The number of amides is 2. The summed E-state index contributed by atoms with van der Waals surface area (Å²) in [5.41, 5.74) is 0. The lowest BCUT2D eigenvalue weighted by Crippen LogP contribution is -2.52. The maximum atomic E-state index is 12.5. The number of nitrogens with zero attached hydrogens (tertiary/aromatic N) is 1. The van der Waals surface area contributed by atoms with Crippen LogP contribution in [0.5, 0.6) is 0 Å². The monoisotopic (exact) mass is 266 g/mol. The van der Waals surface area contributed by atoms with Gasteiger partial charge in [-0.3, -0.25) is 0 Å². The molecular weight excluding hydrogens is 240 g/mol. The predicted octanol–water partition coefficient (Wildman–Crippen LogP) is 2.12. The Labute approximate surface area is 115 Å². The second-order valence-corrected chi connectivity index (χ2v) is 6.51. The molecular formula is C15H26N2O2. The average Bonchev–Trinajstić information content (AvgIpc) is 3.30. The summed E-state index contributed by atoms with van der Waals surface area (Å²) in [4.78, 5) is 14.5. The summed E-state index contributed by atoms with van der Waals surface area (Å²) in [5, 5.41) is 12.4. The van der Waals surface area contributed by atoms with E-state index >= 15 is 0 Å². The standard InChI is InChI=1S/C15H26N2O2/c18-10-8-13-3-1-2-9-17(13)15(19)16-14(11-4-5-11)12-6-7-12/h11-14,18H,1-10H2,(H,16,19). The lowest BCUT2D eigenvalue weighted by Gasteiger charge is -2.36. The molecule has 19 heavy (non-hydrogen) atoms. The number of hydrogen-bond acceptors (Lipinski definition) is 2. The van der Waals surface area contributed by atoms with E-state index in [-0.39, 0.29) is 18.7 Å². The number of carbonyl (C=O) groups excluding carboxylic acids is 1. The third-order valence-corrected chi connectivity index (χ3v) is 4.90. The van der Waals surface area contributed by atoms with Gasteiger partial charge >= 0.3 is 6.03 Å². The zero-order valence-corrected chi connectivity index (χ0v) is 11.7. The van der Waals surface area contributed by atoms with Crippen LogP contribution in [0.2, 0.25) is 0 Å². The Kier molecular flexibility index (Phi) is 3.96. The van der Waals surface area contributed by atoms with Crippen molar-refractivity contribution in [2.24, 2.45) is 11.8 Å². The topological polar surface area (TPSA) is 52.6 Å². The molecule has 3 rings (SSSR count). The first-order valence-electron chi connectivity index (χ1n) is 7.97. The van der Waals surface area contributed by atoms with Crippen molar-refractivity contribution in [1.82, 2.24) is 10.2 Å². The van der Waals surface area contributed by atoms with Crippen LogP contribution in [-0.4, -0.2) is 41.3 Å². The van der Waals surface area contributed by atoms with Gasteiger partial charge in [0, 0.05) is 25.2 Å². The summed E-state index contributed by atoms with van der Waals surface area (Å²) >= 11 is 0. The van der Waals surface area contributed by atoms with Gasteiger partial charge in [-0.05, 0) is 63.2 Å². The Morgan fingerprint density at radius 1 is 1.16 bits per heavy atom. The van der Waals surface area contributed by atoms with E-state index in [1.165, 1.54) is 32.1 Å². The van der Waals surface area contributed by atoms with Crippen LogP contribution in [0.4, 0.5) is 4.79 Å². The quantitative estimate of drug-likeness (QED) is 0.801. The van der Waals surface area contributed by atoms with Crippen LogP contribution >= 0.6 is 0 Å². The zero-order valence-electron chi connectivity index (χ0n) is 11.7. The van der Waals surface area contributed by atoms with E-state index in [4.69, 9.17) is 5.11 Å². The van der Waals surface area contributed by atoms with Gasteiger partial charge in [0.1, 0.15) is 0 Å². The Morgan fingerprint density at radius 2 is 1.84 bits per heavy atom. The van der Waals surface area contributed by atoms with Crippen molar-refractivity contribution in [3.8, 4) is 0 Å². The maximum Gasteiger partial charge on any atom is 0.317 e. The van der Waals surface area contributed by atoms with Crippen LogP contribution in [0.25, 0.3) is 0 Å². The van der Waals surface area contributed by atoms with Crippen LogP contribution in [-0.2, 0) is 0 Å². The third-order valence-electron chi connectivity index (χ3n) is 4.90. The first-order chi connectivity index (χ1) is 9.29. The normalized spacial score (nSPS) is 27.7. The molecule has 3 fully saturated rings. The number of nitrogens with one attached hydrogen (secondary N) is 1. The molecule has 0 radical (unpaired) electrons. The van der Waals surface area contributed by atoms with Crippen molar-refractivity contribution in [1.29, 1.82) is 0 Å².